The van der Waals surface area contributed by atoms with Gasteiger partial charge >= 0.3 is 6.03 Å². The van der Waals surface area contributed by atoms with E-state index in [-0.39, 0.29) is 18.1 Å². The van der Waals surface area contributed by atoms with Crippen molar-refractivity contribution in [3.63, 3.8) is 0 Å². The molecule has 1 aliphatic rings. The molecule has 104 valence electrons. The minimum atomic E-state index is -0.266. The lowest BCUT2D eigenvalue weighted by Crippen LogP contribution is -2.37. The molecule has 5 heteroatoms. The van der Waals surface area contributed by atoms with Gasteiger partial charge in [0.05, 0.1) is 6.10 Å². The Hall–Kier alpha value is -1.62. The van der Waals surface area contributed by atoms with Crippen LogP contribution in [-0.2, 0) is 0 Å². The zero-order valence-corrected chi connectivity index (χ0v) is 11.5. The van der Waals surface area contributed by atoms with E-state index in [1.165, 1.54) is 0 Å². The minimum absolute atomic E-state index is 0.145. The summed E-state index contributed by atoms with van der Waals surface area (Å²) in [5.41, 5.74) is 1.71. The maximum atomic E-state index is 12.1. The van der Waals surface area contributed by atoms with Crippen LogP contribution in [0.3, 0.4) is 0 Å². The highest BCUT2D eigenvalue weighted by Crippen LogP contribution is 2.26. The lowest BCUT2D eigenvalue weighted by atomic mass is 10.1. The number of anilines is 1. The van der Waals surface area contributed by atoms with Crippen LogP contribution in [0, 0.1) is 12.8 Å². The molecule has 5 nitrogen and oxygen atoms in total. The summed E-state index contributed by atoms with van der Waals surface area (Å²) in [7, 11) is 1.76. The van der Waals surface area contributed by atoms with E-state index < -0.39 is 0 Å². The fourth-order valence-electron chi connectivity index (χ4n) is 2.49. The number of aryl methyl sites for hydroxylation is 1. The van der Waals surface area contributed by atoms with Gasteiger partial charge in [-0.3, -0.25) is 4.98 Å². The number of aromatic nitrogens is 1. The van der Waals surface area contributed by atoms with E-state index >= 15 is 0 Å². The quantitative estimate of drug-likeness (QED) is 0.876. The molecular formula is C14H21N3O2. The number of amides is 2. The molecule has 0 radical (unpaired) electrons. The van der Waals surface area contributed by atoms with Gasteiger partial charge in [0, 0.05) is 37.6 Å². The van der Waals surface area contributed by atoms with Crippen molar-refractivity contribution in [3.8, 4) is 0 Å². The van der Waals surface area contributed by atoms with E-state index in [0.717, 1.165) is 30.5 Å². The van der Waals surface area contributed by atoms with Gasteiger partial charge in [-0.05, 0) is 31.4 Å². The average Bonchev–Trinajstić information content (AvgIpc) is 2.78. The van der Waals surface area contributed by atoms with Crippen LogP contribution in [0.4, 0.5) is 10.5 Å². The maximum absolute atomic E-state index is 12.1. The second kappa shape index (κ2) is 6.02. The van der Waals surface area contributed by atoms with Crippen molar-refractivity contribution < 1.29 is 9.90 Å². The summed E-state index contributed by atoms with van der Waals surface area (Å²) < 4.78 is 0. The van der Waals surface area contributed by atoms with Gasteiger partial charge in [-0.25, -0.2) is 4.79 Å². The summed E-state index contributed by atoms with van der Waals surface area (Å²) in [5, 5.41) is 12.7. The van der Waals surface area contributed by atoms with E-state index in [4.69, 9.17) is 0 Å². The van der Waals surface area contributed by atoms with E-state index in [0.29, 0.717) is 6.54 Å². The summed E-state index contributed by atoms with van der Waals surface area (Å²) in [6.07, 6.45) is 6.00. The van der Waals surface area contributed by atoms with Gasteiger partial charge in [-0.15, -0.1) is 0 Å². The topological polar surface area (TPSA) is 65.5 Å². The van der Waals surface area contributed by atoms with Crippen LogP contribution in [0.5, 0.6) is 0 Å². The Labute approximate surface area is 113 Å². The molecule has 1 fully saturated rings. The second-order valence-electron chi connectivity index (χ2n) is 5.26. The first-order valence-corrected chi connectivity index (χ1v) is 6.68. The molecule has 2 amide bonds. The summed E-state index contributed by atoms with van der Waals surface area (Å²) in [6, 6.07) is 1.64. The second-order valence-corrected chi connectivity index (χ2v) is 5.26. The Morgan fingerprint density at radius 3 is 3.00 bits per heavy atom. The van der Waals surface area contributed by atoms with Crippen LogP contribution in [0.25, 0.3) is 0 Å². The van der Waals surface area contributed by atoms with Crippen molar-refractivity contribution >= 4 is 11.7 Å². The molecule has 1 heterocycles. The summed E-state index contributed by atoms with van der Waals surface area (Å²) in [4.78, 5) is 17.7. The van der Waals surface area contributed by atoms with Crippen LogP contribution in [0.2, 0.25) is 0 Å². The van der Waals surface area contributed by atoms with E-state index in [1.54, 1.807) is 30.4 Å². The summed E-state index contributed by atoms with van der Waals surface area (Å²) >= 11 is 0. The van der Waals surface area contributed by atoms with E-state index in [2.05, 4.69) is 10.3 Å². The van der Waals surface area contributed by atoms with Crippen molar-refractivity contribution in [2.24, 2.45) is 5.92 Å². The smallest absolute Gasteiger partial charge is 0.321 e. The largest absolute Gasteiger partial charge is 0.393 e. The van der Waals surface area contributed by atoms with Crippen molar-refractivity contribution in [2.45, 2.75) is 32.3 Å². The number of carbonyl (C=O) groups excluding carboxylic acids is 1. The fourth-order valence-corrected chi connectivity index (χ4v) is 2.49. The van der Waals surface area contributed by atoms with Gasteiger partial charge < -0.3 is 15.3 Å². The van der Waals surface area contributed by atoms with Crippen LogP contribution in [0.15, 0.2) is 18.5 Å². The SMILES string of the molecule is Cc1cnccc1NC(=O)N(C)CC1CCCC1O. The van der Waals surface area contributed by atoms with Crippen molar-refractivity contribution in [1.82, 2.24) is 9.88 Å². The molecule has 0 saturated heterocycles. The lowest BCUT2D eigenvalue weighted by molar-refractivity contribution is 0.116. The average molecular weight is 263 g/mol. The number of rotatable bonds is 3. The third-order valence-electron chi connectivity index (χ3n) is 3.74. The maximum Gasteiger partial charge on any atom is 0.321 e. The van der Waals surface area contributed by atoms with Crippen molar-refractivity contribution in [2.75, 3.05) is 18.9 Å². The Bertz CT molecular complexity index is 450. The number of nitrogens with zero attached hydrogens (tertiary/aromatic N) is 2. The molecular weight excluding hydrogens is 242 g/mol. The van der Waals surface area contributed by atoms with Gasteiger partial charge in [-0.1, -0.05) is 6.42 Å². The van der Waals surface area contributed by atoms with Gasteiger partial charge in [0.2, 0.25) is 0 Å². The Morgan fingerprint density at radius 1 is 1.58 bits per heavy atom. The molecule has 2 N–H and O–H groups in total. The summed E-state index contributed by atoms with van der Waals surface area (Å²) in [5.74, 6) is 0.203. The number of carbonyl (C=O) groups is 1. The van der Waals surface area contributed by atoms with Crippen LogP contribution < -0.4 is 5.32 Å². The molecule has 1 saturated carbocycles. The van der Waals surface area contributed by atoms with Crippen LogP contribution >= 0.6 is 0 Å². The zero-order valence-electron chi connectivity index (χ0n) is 11.5. The van der Waals surface area contributed by atoms with Gasteiger partial charge in [0.1, 0.15) is 0 Å². The highest BCUT2D eigenvalue weighted by molar-refractivity contribution is 5.89. The van der Waals surface area contributed by atoms with Crippen LogP contribution in [0.1, 0.15) is 24.8 Å². The highest BCUT2D eigenvalue weighted by atomic mass is 16.3. The Kier molecular flexibility index (Phi) is 4.37. The molecule has 0 aliphatic heterocycles. The molecule has 2 unspecified atom stereocenters. The number of aliphatic hydroxyl groups excluding tert-OH is 1. The van der Waals surface area contributed by atoms with E-state index in [9.17, 15) is 9.90 Å². The molecule has 2 rings (SSSR count). The number of hydrogen-bond acceptors (Lipinski definition) is 3. The number of aliphatic hydroxyl groups is 1. The highest BCUT2D eigenvalue weighted by Gasteiger charge is 2.27. The number of urea groups is 1. The first-order chi connectivity index (χ1) is 9.08. The molecule has 19 heavy (non-hydrogen) atoms. The minimum Gasteiger partial charge on any atom is -0.393 e. The molecule has 0 aromatic carbocycles. The molecule has 0 bridgehead atoms. The summed E-state index contributed by atoms with van der Waals surface area (Å²) in [6.45, 7) is 2.50. The zero-order chi connectivity index (χ0) is 13.8. The molecule has 0 spiro atoms. The number of nitrogens with one attached hydrogen (secondary N) is 1. The fraction of sp³-hybridized carbons (Fsp3) is 0.571. The van der Waals surface area contributed by atoms with Crippen LogP contribution in [-0.4, -0.2) is 40.7 Å². The normalized spacial score (nSPS) is 22.3. The molecule has 1 aromatic heterocycles. The molecule has 1 aliphatic carbocycles. The molecule has 1 aromatic rings. The first-order valence-electron chi connectivity index (χ1n) is 6.68. The Morgan fingerprint density at radius 2 is 2.37 bits per heavy atom. The predicted octanol–water partition coefficient (Wildman–Crippen LogP) is 2.01. The standard InChI is InChI=1S/C14H21N3O2/c1-10-8-15-7-6-12(10)16-14(19)17(2)9-11-4-3-5-13(11)18/h6-8,11,13,18H,3-5,9H2,1-2H3,(H,15,16,19). The first kappa shape index (κ1) is 13.8. The van der Waals surface area contributed by atoms with Gasteiger partial charge in [-0.2, -0.15) is 0 Å². The monoisotopic (exact) mass is 263 g/mol. The van der Waals surface area contributed by atoms with Crippen molar-refractivity contribution in [3.05, 3.63) is 24.0 Å². The van der Waals surface area contributed by atoms with Gasteiger partial charge in [0.25, 0.3) is 0 Å². The third kappa shape index (κ3) is 3.44. The Balaban J connectivity index is 1.91. The lowest BCUT2D eigenvalue weighted by Gasteiger charge is -2.23. The van der Waals surface area contributed by atoms with Gasteiger partial charge in [0.15, 0.2) is 0 Å². The number of pyridine rings is 1. The van der Waals surface area contributed by atoms with E-state index in [1.807, 2.05) is 6.92 Å². The number of hydrogen-bond donors (Lipinski definition) is 2. The molecule has 2 atom stereocenters. The van der Waals surface area contributed by atoms with Crippen molar-refractivity contribution in [1.29, 1.82) is 0 Å². The predicted molar refractivity (Wildman–Crippen MR) is 74.0 cm³/mol. The third-order valence-corrected chi connectivity index (χ3v) is 3.74.